The van der Waals surface area contributed by atoms with E-state index in [2.05, 4.69) is 29.9 Å². The summed E-state index contributed by atoms with van der Waals surface area (Å²) in [6.07, 6.45) is -7.44. The maximum atomic E-state index is 13.1. The van der Waals surface area contributed by atoms with Crippen molar-refractivity contribution in [3.05, 3.63) is 25.3 Å². The molecule has 0 aromatic carbocycles. The Morgan fingerprint density at radius 3 is 2.00 bits per heavy atom. The minimum Gasteiger partial charge on any atom is -0.385 e. The summed E-state index contributed by atoms with van der Waals surface area (Å²) < 4.78 is 43.0. The van der Waals surface area contributed by atoms with Crippen molar-refractivity contribution < 1.29 is 48.2 Å². The summed E-state index contributed by atoms with van der Waals surface area (Å²) in [4.78, 5) is 34.8. The van der Waals surface area contributed by atoms with E-state index in [0.717, 1.165) is 0 Å². The fourth-order valence-corrected chi connectivity index (χ4v) is 5.65. The summed E-state index contributed by atoms with van der Waals surface area (Å²) in [6, 6.07) is 0. The zero-order valence-electron chi connectivity index (χ0n) is 21.1. The molecule has 0 spiro atoms. The van der Waals surface area contributed by atoms with Crippen molar-refractivity contribution in [2.75, 3.05) is 24.9 Å². The molecule has 9 atom stereocenters. The van der Waals surface area contributed by atoms with E-state index in [9.17, 15) is 24.8 Å². The van der Waals surface area contributed by atoms with Crippen LogP contribution < -0.4 is 11.5 Å². The van der Waals surface area contributed by atoms with Crippen molar-refractivity contribution in [1.82, 2.24) is 39.0 Å². The van der Waals surface area contributed by atoms with Crippen molar-refractivity contribution in [3.8, 4) is 0 Å². The molecule has 2 aliphatic heterocycles. The molecule has 4 aromatic rings. The van der Waals surface area contributed by atoms with Gasteiger partial charge in [-0.15, -0.1) is 0 Å². The number of ether oxygens (including phenoxy) is 4. The molecule has 20 nitrogen and oxygen atoms in total. The lowest BCUT2D eigenvalue weighted by molar-refractivity contribution is -0.168. The normalized spacial score (nSPS) is 31.7. The molecule has 21 heteroatoms. The Kier molecular flexibility index (Phi) is 7.06. The Balaban J connectivity index is 1.18. The summed E-state index contributed by atoms with van der Waals surface area (Å²) in [6.45, 7) is 0. The number of nitrogens with two attached hydrogens (primary N) is 2. The third kappa shape index (κ3) is 4.78. The highest BCUT2D eigenvalue weighted by molar-refractivity contribution is 7.52. The van der Waals surface area contributed by atoms with Crippen molar-refractivity contribution in [2.45, 2.75) is 49.5 Å². The molecule has 5 unspecified atom stereocenters. The topological polar surface area (TPSA) is 283 Å². The van der Waals surface area contributed by atoms with Gasteiger partial charge in [0, 0.05) is 7.11 Å². The Labute approximate surface area is 229 Å². The van der Waals surface area contributed by atoms with Crippen LogP contribution in [0.1, 0.15) is 12.5 Å². The molecule has 8 N–H and O–H groups in total. The number of fused-ring (bicyclic) bond motifs is 2. The first-order chi connectivity index (χ1) is 19.6. The molecule has 0 aliphatic carbocycles. The molecule has 0 bridgehead atoms. The fraction of sp³-hybridized carbons (Fsp3) is 0.500. The van der Waals surface area contributed by atoms with Gasteiger partial charge in [0.25, 0.3) is 0 Å². The molecule has 0 amide bonds. The lowest BCUT2D eigenvalue weighted by atomic mass is 10.2. The number of imidazole rings is 2. The van der Waals surface area contributed by atoms with E-state index in [0.29, 0.717) is 0 Å². The SMILES string of the molecule is CO[C@H]1O[C@@H](n2cnc3c(N)ncnc32)C(OP(=O)(O)CO[C@H]2O[C@@H](n3cnc4c(N)ncnc43)C(O)C2O)C1O. The predicted molar refractivity (Wildman–Crippen MR) is 133 cm³/mol. The van der Waals surface area contributed by atoms with Crippen LogP contribution in [0.3, 0.4) is 0 Å². The van der Waals surface area contributed by atoms with Gasteiger partial charge in [-0.1, -0.05) is 0 Å². The number of hydrogen-bond donors (Lipinski definition) is 6. The molecule has 4 aromatic heterocycles. The maximum Gasteiger partial charge on any atom is 0.354 e. The van der Waals surface area contributed by atoms with E-state index < -0.39 is 63.4 Å². The average Bonchev–Trinajstić information content (AvgIpc) is 3.70. The van der Waals surface area contributed by atoms with Crippen LogP contribution in [0.2, 0.25) is 0 Å². The first kappa shape index (κ1) is 27.7. The predicted octanol–water partition coefficient (Wildman–Crippen LogP) is -2.19. The Bertz CT molecular complexity index is 1620. The number of hydrogen-bond acceptors (Lipinski definition) is 17. The zero-order chi connectivity index (χ0) is 29.1. The fourth-order valence-electron chi connectivity index (χ4n) is 4.65. The molecule has 220 valence electrons. The van der Waals surface area contributed by atoms with Gasteiger partial charge >= 0.3 is 7.60 Å². The lowest BCUT2D eigenvalue weighted by Crippen LogP contribution is -2.35. The van der Waals surface area contributed by atoms with Gasteiger partial charge in [0.05, 0.1) is 12.7 Å². The maximum absolute atomic E-state index is 13.1. The number of methoxy groups -OCH3 is 1. The minimum atomic E-state index is -4.69. The number of aliphatic hydroxyl groups is 3. The molecule has 6 rings (SSSR count). The van der Waals surface area contributed by atoms with Crippen LogP contribution >= 0.6 is 7.60 Å². The Hall–Kier alpha value is -3.43. The number of rotatable bonds is 8. The van der Waals surface area contributed by atoms with Crippen LogP contribution in [0.5, 0.6) is 0 Å². The first-order valence-corrected chi connectivity index (χ1v) is 13.7. The van der Waals surface area contributed by atoms with Crippen molar-refractivity contribution in [3.63, 3.8) is 0 Å². The van der Waals surface area contributed by atoms with Crippen LogP contribution in [-0.2, 0) is 28.0 Å². The Morgan fingerprint density at radius 1 is 0.854 bits per heavy atom. The van der Waals surface area contributed by atoms with Gasteiger partial charge in [0.1, 0.15) is 48.1 Å². The van der Waals surface area contributed by atoms with Gasteiger partial charge < -0.3 is 50.6 Å². The quantitative estimate of drug-likeness (QED) is 0.118. The van der Waals surface area contributed by atoms with Crippen LogP contribution in [-0.4, -0.2) is 110 Å². The van der Waals surface area contributed by atoms with Crippen LogP contribution in [0, 0.1) is 0 Å². The van der Waals surface area contributed by atoms with Crippen LogP contribution in [0.25, 0.3) is 22.3 Å². The van der Waals surface area contributed by atoms with Crippen LogP contribution in [0.4, 0.5) is 11.6 Å². The highest BCUT2D eigenvalue weighted by Gasteiger charge is 2.50. The number of aromatic nitrogens is 8. The standard InChI is InChI=1S/C20H25N10O10P/c1-36-19-11(33)12(18(39-19)30-5-28-8-14(22)24-3-26-16(8)30)40-41(34,35)6-37-20-10(32)9(31)17(38-20)29-4-27-7-13(21)23-2-25-15(7)29/h2-5,9-12,17-20,31-33H,6H2,1H3,(H,34,35)(H2,21,23,25)(H2,22,24,26)/t9?,10?,11?,12?,17-,18-,19+,20+/m1/s1. The highest BCUT2D eigenvalue weighted by Crippen LogP contribution is 2.49. The molecule has 0 saturated carbocycles. The van der Waals surface area contributed by atoms with E-state index in [1.807, 2.05) is 0 Å². The first-order valence-electron chi connectivity index (χ1n) is 12.0. The number of anilines is 2. The Morgan fingerprint density at radius 2 is 1.41 bits per heavy atom. The summed E-state index contributed by atoms with van der Waals surface area (Å²) >= 11 is 0. The van der Waals surface area contributed by atoms with Gasteiger partial charge in [-0.3, -0.25) is 18.2 Å². The minimum absolute atomic E-state index is 0.0875. The van der Waals surface area contributed by atoms with Gasteiger partial charge in [-0.25, -0.2) is 29.9 Å². The number of nitrogens with zero attached hydrogens (tertiary/aromatic N) is 8. The summed E-state index contributed by atoms with van der Waals surface area (Å²) in [5, 5.41) is 31.9. The van der Waals surface area contributed by atoms with Crippen molar-refractivity contribution in [1.29, 1.82) is 0 Å². The average molecular weight is 596 g/mol. The number of nitrogen functional groups attached to an aromatic ring is 2. The molecule has 2 aliphatic rings. The lowest BCUT2D eigenvalue weighted by Gasteiger charge is -2.25. The van der Waals surface area contributed by atoms with Crippen molar-refractivity contribution in [2.24, 2.45) is 0 Å². The molecule has 2 saturated heterocycles. The molecule has 41 heavy (non-hydrogen) atoms. The monoisotopic (exact) mass is 596 g/mol. The smallest absolute Gasteiger partial charge is 0.354 e. The zero-order valence-corrected chi connectivity index (χ0v) is 21.9. The van der Waals surface area contributed by atoms with E-state index in [-0.39, 0.29) is 34.0 Å². The second-order valence-electron chi connectivity index (χ2n) is 9.17. The molecule has 2 fully saturated rings. The summed E-state index contributed by atoms with van der Waals surface area (Å²) in [7, 11) is -3.42. The molecule has 0 radical (unpaired) electrons. The van der Waals surface area contributed by atoms with Gasteiger partial charge in [0.15, 0.2) is 54.3 Å². The van der Waals surface area contributed by atoms with E-state index >= 15 is 0 Å². The molecular weight excluding hydrogens is 571 g/mol. The molecule has 6 heterocycles. The second kappa shape index (κ2) is 10.4. The highest BCUT2D eigenvalue weighted by atomic mass is 31.2. The van der Waals surface area contributed by atoms with Gasteiger partial charge in [0.2, 0.25) is 0 Å². The second-order valence-corrected chi connectivity index (χ2v) is 10.9. The third-order valence-electron chi connectivity index (χ3n) is 6.61. The van der Waals surface area contributed by atoms with E-state index in [4.69, 9.17) is 34.9 Å². The molecular formula is C20H25N10O10P. The van der Waals surface area contributed by atoms with Crippen molar-refractivity contribution >= 4 is 41.6 Å². The van der Waals surface area contributed by atoms with Gasteiger partial charge in [-0.2, -0.15) is 0 Å². The van der Waals surface area contributed by atoms with E-state index in [1.54, 1.807) is 0 Å². The summed E-state index contributed by atoms with van der Waals surface area (Å²) in [5.41, 5.74) is 12.6. The van der Waals surface area contributed by atoms with E-state index in [1.165, 1.54) is 41.6 Å². The third-order valence-corrected chi connectivity index (χ3v) is 7.66. The largest absolute Gasteiger partial charge is 0.385 e. The number of aliphatic hydroxyl groups excluding tert-OH is 3. The summed E-state index contributed by atoms with van der Waals surface area (Å²) in [5.74, 6) is 0.184. The van der Waals surface area contributed by atoms with Gasteiger partial charge in [-0.05, 0) is 0 Å². The van der Waals surface area contributed by atoms with Crippen LogP contribution in [0.15, 0.2) is 25.3 Å².